The number of benzene rings is 1. The molecule has 0 atom stereocenters. The minimum Gasteiger partial charge on any atom is -0.356 e. The number of aromatic nitrogens is 1. The number of carbonyl (C=O) groups excluding carboxylic acids is 1. The number of hydrogen-bond donors (Lipinski definition) is 2. The summed E-state index contributed by atoms with van der Waals surface area (Å²) in [5, 5.41) is 6.04. The first-order chi connectivity index (χ1) is 12.1. The molecule has 1 aliphatic rings. The van der Waals surface area contributed by atoms with Crippen LogP contribution in [-0.4, -0.2) is 30.1 Å². The molecule has 1 aliphatic heterocycles. The number of rotatable bonds is 4. The monoisotopic (exact) mass is 338 g/mol. The largest absolute Gasteiger partial charge is 0.356 e. The predicted molar refractivity (Wildman–Crippen MR) is 102 cm³/mol. The van der Waals surface area contributed by atoms with E-state index in [9.17, 15) is 4.79 Å². The molecule has 5 nitrogen and oxygen atoms in total. The maximum absolute atomic E-state index is 12.3. The van der Waals surface area contributed by atoms with E-state index in [1.54, 1.807) is 0 Å². The van der Waals surface area contributed by atoms with Crippen molar-refractivity contribution in [3.05, 3.63) is 54.2 Å². The maximum atomic E-state index is 12.3. The van der Waals surface area contributed by atoms with Crippen molar-refractivity contribution >= 4 is 17.5 Å². The summed E-state index contributed by atoms with van der Waals surface area (Å²) in [6.07, 6.45) is 3.67. The van der Waals surface area contributed by atoms with Crippen molar-refractivity contribution in [2.75, 3.05) is 23.3 Å². The third-order valence-electron chi connectivity index (χ3n) is 4.61. The van der Waals surface area contributed by atoms with Crippen LogP contribution in [0.3, 0.4) is 0 Å². The van der Waals surface area contributed by atoms with Crippen molar-refractivity contribution in [2.45, 2.75) is 38.6 Å². The molecule has 0 unspecified atom stereocenters. The molecule has 1 fully saturated rings. The average molecular weight is 338 g/mol. The Balaban J connectivity index is 1.49. The van der Waals surface area contributed by atoms with Crippen molar-refractivity contribution in [1.29, 1.82) is 0 Å². The minimum atomic E-state index is -0.128. The summed E-state index contributed by atoms with van der Waals surface area (Å²) >= 11 is 0. The Labute approximate surface area is 149 Å². The van der Waals surface area contributed by atoms with E-state index in [4.69, 9.17) is 0 Å². The van der Waals surface area contributed by atoms with Gasteiger partial charge in [0.05, 0.1) is 0 Å². The number of carbonyl (C=O) groups is 1. The van der Waals surface area contributed by atoms with Gasteiger partial charge in [0, 0.05) is 31.0 Å². The quantitative estimate of drug-likeness (QED) is 0.886. The lowest BCUT2D eigenvalue weighted by atomic mass is 10.0. The van der Waals surface area contributed by atoms with Crippen LogP contribution in [-0.2, 0) is 0 Å². The van der Waals surface area contributed by atoms with Crippen LogP contribution in [0, 0.1) is 0 Å². The SMILES string of the molecule is CC(C)c1cccc(NC(=O)NC2CCN(c3ccccn3)CC2)c1. The molecule has 5 heteroatoms. The number of piperidine rings is 1. The van der Waals surface area contributed by atoms with Gasteiger partial charge in [0.15, 0.2) is 0 Å². The Morgan fingerprint density at radius 3 is 2.64 bits per heavy atom. The van der Waals surface area contributed by atoms with E-state index in [0.29, 0.717) is 5.92 Å². The van der Waals surface area contributed by atoms with Crippen molar-refractivity contribution in [3.63, 3.8) is 0 Å². The highest BCUT2D eigenvalue weighted by molar-refractivity contribution is 5.89. The smallest absolute Gasteiger partial charge is 0.319 e. The van der Waals surface area contributed by atoms with Gasteiger partial charge in [-0.05, 0) is 48.6 Å². The number of nitrogens with one attached hydrogen (secondary N) is 2. The lowest BCUT2D eigenvalue weighted by Crippen LogP contribution is -2.46. The lowest BCUT2D eigenvalue weighted by Gasteiger charge is -2.33. The Bertz CT molecular complexity index is 694. The second-order valence-corrected chi connectivity index (χ2v) is 6.83. The van der Waals surface area contributed by atoms with E-state index in [2.05, 4.69) is 40.4 Å². The van der Waals surface area contributed by atoms with Gasteiger partial charge in [0.2, 0.25) is 0 Å². The van der Waals surface area contributed by atoms with Gasteiger partial charge in [-0.15, -0.1) is 0 Å². The maximum Gasteiger partial charge on any atom is 0.319 e. The molecular formula is C20H26N4O. The van der Waals surface area contributed by atoms with Crippen LogP contribution in [0.5, 0.6) is 0 Å². The van der Waals surface area contributed by atoms with Crippen molar-refractivity contribution in [2.24, 2.45) is 0 Å². The molecule has 1 saturated heterocycles. The van der Waals surface area contributed by atoms with Gasteiger partial charge < -0.3 is 15.5 Å². The van der Waals surface area contributed by atoms with Crippen LogP contribution in [0.1, 0.15) is 38.2 Å². The fourth-order valence-corrected chi connectivity index (χ4v) is 3.12. The fourth-order valence-electron chi connectivity index (χ4n) is 3.12. The van der Waals surface area contributed by atoms with Crippen LogP contribution < -0.4 is 15.5 Å². The van der Waals surface area contributed by atoms with E-state index >= 15 is 0 Å². The summed E-state index contributed by atoms with van der Waals surface area (Å²) in [7, 11) is 0. The molecule has 2 amide bonds. The topological polar surface area (TPSA) is 57.3 Å². The second kappa shape index (κ2) is 8.01. The standard InChI is InChI=1S/C20H26N4O/c1-15(2)16-6-5-7-18(14-16)23-20(25)22-17-9-12-24(13-10-17)19-8-3-4-11-21-19/h3-8,11,14-15,17H,9-10,12-13H2,1-2H3,(H2,22,23,25). The van der Waals surface area contributed by atoms with Gasteiger partial charge in [0.1, 0.15) is 5.82 Å². The molecule has 2 heterocycles. The first kappa shape index (κ1) is 17.3. The Hall–Kier alpha value is -2.56. The summed E-state index contributed by atoms with van der Waals surface area (Å²) in [5.41, 5.74) is 2.07. The Kier molecular flexibility index (Phi) is 5.53. The van der Waals surface area contributed by atoms with E-state index in [0.717, 1.165) is 37.4 Å². The highest BCUT2D eigenvalue weighted by Crippen LogP contribution is 2.19. The zero-order valence-electron chi connectivity index (χ0n) is 14.9. The number of nitrogens with zero attached hydrogens (tertiary/aromatic N) is 2. The molecule has 1 aromatic carbocycles. The lowest BCUT2D eigenvalue weighted by molar-refractivity contribution is 0.246. The van der Waals surface area contributed by atoms with Gasteiger partial charge in [-0.25, -0.2) is 9.78 Å². The van der Waals surface area contributed by atoms with Crippen molar-refractivity contribution < 1.29 is 4.79 Å². The second-order valence-electron chi connectivity index (χ2n) is 6.83. The van der Waals surface area contributed by atoms with Gasteiger partial charge in [-0.3, -0.25) is 0 Å². The van der Waals surface area contributed by atoms with Crippen LogP contribution in [0.15, 0.2) is 48.7 Å². The molecule has 3 rings (SSSR count). The highest BCUT2D eigenvalue weighted by atomic mass is 16.2. The van der Waals surface area contributed by atoms with Crippen LogP contribution in [0.4, 0.5) is 16.3 Å². The number of amides is 2. The summed E-state index contributed by atoms with van der Waals surface area (Å²) in [6, 6.07) is 14.1. The van der Waals surface area contributed by atoms with Gasteiger partial charge >= 0.3 is 6.03 Å². The Morgan fingerprint density at radius 1 is 1.16 bits per heavy atom. The van der Waals surface area contributed by atoms with Crippen LogP contribution in [0.25, 0.3) is 0 Å². The first-order valence-electron chi connectivity index (χ1n) is 8.95. The first-order valence-corrected chi connectivity index (χ1v) is 8.95. The molecule has 0 bridgehead atoms. The van der Waals surface area contributed by atoms with Crippen molar-refractivity contribution in [1.82, 2.24) is 10.3 Å². The third-order valence-corrected chi connectivity index (χ3v) is 4.61. The van der Waals surface area contributed by atoms with Crippen molar-refractivity contribution in [3.8, 4) is 0 Å². The number of anilines is 2. The summed E-state index contributed by atoms with van der Waals surface area (Å²) in [6.45, 7) is 6.11. The summed E-state index contributed by atoms with van der Waals surface area (Å²) < 4.78 is 0. The zero-order valence-corrected chi connectivity index (χ0v) is 14.9. The van der Waals surface area contributed by atoms with Crippen LogP contribution in [0.2, 0.25) is 0 Å². The van der Waals surface area contributed by atoms with Gasteiger partial charge in [-0.1, -0.05) is 32.0 Å². The van der Waals surface area contributed by atoms with E-state index in [-0.39, 0.29) is 12.1 Å². The highest BCUT2D eigenvalue weighted by Gasteiger charge is 2.21. The molecule has 0 spiro atoms. The molecule has 2 aromatic rings. The molecular weight excluding hydrogens is 312 g/mol. The Morgan fingerprint density at radius 2 is 1.96 bits per heavy atom. The number of urea groups is 1. The normalized spacial score (nSPS) is 15.2. The number of pyridine rings is 1. The molecule has 25 heavy (non-hydrogen) atoms. The molecule has 1 aromatic heterocycles. The predicted octanol–water partition coefficient (Wildman–Crippen LogP) is 4.00. The fraction of sp³-hybridized carbons (Fsp3) is 0.400. The molecule has 132 valence electrons. The van der Waals surface area contributed by atoms with E-state index in [1.165, 1.54) is 5.56 Å². The van der Waals surface area contributed by atoms with E-state index < -0.39 is 0 Å². The van der Waals surface area contributed by atoms with E-state index in [1.807, 2.05) is 42.6 Å². The molecule has 0 aliphatic carbocycles. The molecule has 2 N–H and O–H groups in total. The van der Waals surface area contributed by atoms with Gasteiger partial charge in [0.25, 0.3) is 0 Å². The summed E-state index contributed by atoms with van der Waals surface area (Å²) in [5.74, 6) is 1.46. The molecule has 0 saturated carbocycles. The third kappa shape index (κ3) is 4.72. The van der Waals surface area contributed by atoms with Crippen LogP contribution >= 0.6 is 0 Å². The zero-order chi connectivity index (χ0) is 17.6. The molecule has 0 radical (unpaired) electrons. The van der Waals surface area contributed by atoms with Gasteiger partial charge in [-0.2, -0.15) is 0 Å². The average Bonchev–Trinajstić information content (AvgIpc) is 2.63. The minimum absolute atomic E-state index is 0.128. The number of hydrogen-bond acceptors (Lipinski definition) is 3. The summed E-state index contributed by atoms with van der Waals surface area (Å²) in [4.78, 5) is 18.9.